The van der Waals surface area contributed by atoms with Crippen LogP contribution in [0.3, 0.4) is 0 Å². The van der Waals surface area contributed by atoms with E-state index < -0.39 is 10.1 Å². The molecule has 0 unspecified atom stereocenters. The highest BCUT2D eigenvalue weighted by atomic mass is 127. The molecule has 3 heterocycles. The van der Waals surface area contributed by atoms with Crippen molar-refractivity contribution in [3.8, 4) is 11.6 Å². The van der Waals surface area contributed by atoms with Crippen molar-refractivity contribution in [2.75, 3.05) is 31.4 Å². The second-order valence-corrected chi connectivity index (χ2v) is 9.55. The lowest BCUT2D eigenvalue weighted by Crippen LogP contribution is -2.39. The normalized spacial score (nSPS) is 15.4. The van der Waals surface area contributed by atoms with E-state index in [2.05, 4.69) is 32.5 Å². The van der Waals surface area contributed by atoms with Crippen LogP contribution >= 0.6 is 22.6 Å². The molecule has 1 aliphatic heterocycles. The van der Waals surface area contributed by atoms with Crippen molar-refractivity contribution in [2.45, 2.75) is 32.5 Å². The van der Waals surface area contributed by atoms with E-state index in [4.69, 9.17) is 18.6 Å². The molecule has 10 heteroatoms. The van der Waals surface area contributed by atoms with Crippen LogP contribution in [0.2, 0.25) is 0 Å². The molecule has 2 aromatic rings. The summed E-state index contributed by atoms with van der Waals surface area (Å²) >= 11 is 2.12. The third-order valence-electron chi connectivity index (χ3n) is 4.60. The Morgan fingerprint density at radius 3 is 2.59 bits per heavy atom. The fourth-order valence-electron chi connectivity index (χ4n) is 3.17. The van der Waals surface area contributed by atoms with E-state index in [0.717, 1.165) is 58.6 Å². The molecule has 8 nitrogen and oxygen atoms in total. The van der Waals surface area contributed by atoms with Crippen molar-refractivity contribution in [2.24, 2.45) is 0 Å². The number of hydrogen-bond acceptors (Lipinski definition) is 8. The molecule has 0 N–H and O–H groups in total. The van der Waals surface area contributed by atoms with Gasteiger partial charge in [-0.2, -0.15) is 8.42 Å². The average molecular weight is 533 g/mol. The van der Waals surface area contributed by atoms with Gasteiger partial charge in [0.1, 0.15) is 21.4 Å². The third-order valence-corrected chi connectivity index (χ3v) is 6.08. The molecule has 0 atom stereocenters. The highest BCUT2D eigenvalue weighted by Gasteiger charge is 2.23. The van der Waals surface area contributed by atoms with E-state index in [9.17, 15) is 8.42 Å². The lowest BCUT2D eigenvalue weighted by molar-refractivity contribution is 0.169. The quantitative estimate of drug-likeness (QED) is 0.305. The molecule has 0 bridgehead atoms. The molecule has 2 aromatic heterocycles. The smallest absolute Gasteiger partial charge is 0.264 e. The van der Waals surface area contributed by atoms with Gasteiger partial charge in [-0.15, -0.1) is 0 Å². The first-order valence-corrected chi connectivity index (χ1v) is 12.1. The topological polar surface area (TPSA) is 90.9 Å². The molecule has 0 amide bonds. The van der Waals surface area contributed by atoms with Crippen LogP contribution < -0.4 is 14.4 Å². The van der Waals surface area contributed by atoms with Gasteiger partial charge in [-0.05, 0) is 47.2 Å². The summed E-state index contributed by atoms with van der Waals surface area (Å²) in [4.78, 5) is 11.1. The molecule has 0 aliphatic carbocycles. The summed E-state index contributed by atoms with van der Waals surface area (Å²) in [6.07, 6.45) is 4.60. The number of piperidine rings is 1. The van der Waals surface area contributed by atoms with Gasteiger partial charge in [0.25, 0.3) is 10.1 Å². The molecule has 0 radical (unpaired) electrons. The minimum atomic E-state index is -3.49. The summed E-state index contributed by atoms with van der Waals surface area (Å²) in [6.45, 7) is 3.64. The standard InChI is InChI=1S/C19H24IN3O5S/c1-13-10-14(12-27-29(3,24)25)18(20)22-19(13)23-8-6-15(7-9-23)28-16-4-5-17(26-2)21-11-16/h4-5,10-11,15H,6-9,12H2,1-3H3. The van der Waals surface area contributed by atoms with Crippen molar-refractivity contribution in [1.82, 2.24) is 9.97 Å². The van der Waals surface area contributed by atoms with Gasteiger partial charge in [0.2, 0.25) is 5.88 Å². The number of aryl methyl sites for hydroxylation is 1. The van der Waals surface area contributed by atoms with Gasteiger partial charge < -0.3 is 14.4 Å². The highest BCUT2D eigenvalue weighted by molar-refractivity contribution is 14.1. The maximum Gasteiger partial charge on any atom is 0.264 e. The molecular weight excluding hydrogens is 509 g/mol. The lowest BCUT2D eigenvalue weighted by Gasteiger charge is -2.34. The van der Waals surface area contributed by atoms with Crippen molar-refractivity contribution in [1.29, 1.82) is 0 Å². The number of anilines is 1. The summed E-state index contributed by atoms with van der Waals surface area (Å²) in [6, 6.07) is 5.60. The molecule has 0 spiro atoms. The Balaban J connectivity index is 1.60. The van der Waals surface area contributed by atoms with E-state index in [-0.39, 0.29) is 12.7 Å². The number of rotatable bonds is 7. The Hall–Kier alpha value is -1.66. The molecule has 0 saturated carbocycles. The van der Waals surface area contributed by atoms with E-state index >= 15 is 0 Å². The Morgan fingerprint density at radius 1 is 1.28 bits per heavy atom. The van der Waals surface area contributed by atoms with Gasteiger partial charge in [0, 0.05) is 37.6 Å². The maximum atomic E-state index is 11.2. The zero-order valence-electron chi connectivity index (χ0n) is 16.6. The molecular formula is C19H24IN3O5S. The second kappa shape index (κ2) is 9.43. The molecule has 1 aliphatic rings. The minimum Gasteiger partial charge on any atom is -0.489 e. The summed E-state index contributed by atoms with van der Waals surface area (Å²) in [7, 11) is -1.90. The molecule has 1 saturated heterocycles. The van der Waals surface area contributed by atoms with Crippen LogP contribution in [-0.4, -0.2) is 50.9 Å². The van der Waals surface area contributed by atoms with Crippen molar-refractivity contribution < 1.29 is 22.1 Å². The van der Waals surface area contributed by atoms with Gasteiger partial charge in [0.05, 0.1) is 26.2 Å². The monoisotopic (exact) mass is 533 g/mol. The SMILES string of the molecule is COc1ccc(OC2CCN(c3nc(I)c(COS(C)(=O)=O)cc3C)CC2)cn1. The first kappa shape index (κ1) is 22.0. The third kappa shape index (κ3) is 6.16. The number of halogens is 1. The molecule has 3 rings (SSSR count). The largest absolute Gasteiger partial charge is 0.489 e. The number of nitrogens with zero attached hydrogens (tertiary/aromatic N) is 3. The van der Waals surface area contributed by atoms with Crippen LogP contribution in [0, 0.1) is 10.6 Å². The first-order chi connectivity index (χ1) is 13.7. The Morgan fingerprint density at radius 2 is 2.00 bits per heavy atom. The maximum absolute atomic E-state index is 11.2. The van der Waals surface area contributed by atoms with Gasteiger partial charge in [-0.1, -0.05) is 0 Å². The van der Waals surface area contributed by atoms with E-state index in [1.807, 2.05) is 19.1 Å². The lowest BCUT2D eigenvalue weighted by atomic mass is 10.1. The van der Waals surface area contributed by atoms with Crippen LogP contribution in [0.1, 0.15) is 24.0 Å². The van der Waals surface area contributed by atoms with E-state index in [0.29, 0.717) is 5.88 Å². The number of aromatic nitrogens is 2. The minimum absolute atomic E-state index is 0.00294. The fourth-order valence-corrected chi connectivity index (χ4v) is 4.05. The zero-order chi connectivity index (χ0) is 21.0. The average Bonchev–Trinajstić information content (AvgIpc) is 2.69. The summed E-state index contributed by atoms with van der Waals surface area (Å²) < 4.78 is 39.2. The summed E-state index contributed by atoms with van der Waals surface area (Å²) in [5, 5.41) is 0. The van der Waals surface area contributed by atoms with Crippen LogP contribution in [0.5, 0.6) is 11.6 Å². The highest BCUT2D eigenvalue weighted by Crippen LogP contribution is 2.27. The van der Waals surface area contributed by atoms with Gasteiger partial charge >= 0.3 is 0 Å². The molecule has 29 heavy (non-hydrogen) atoms. The van der Waals surface area contributed by atoms with Crippen LogP contribution in [-0.2, 0) is 20.9 Å². The number of ether oxygens (including phenoxy) is 2. The summed E-state index contributed by atoms with van der Waals surface area (Å²) in [5.74, 6) is 2.22. The van der Waals surface area contributed by atoms with Gasteiger partial charge in [-0.25, -0.2) is 9.97 Å². The Bertz CT molecular complexity index is 945. The number of hydrogen-bond donors (Lipinski definition) is 0. The van der Waals surface area contributed by atoms with E-state index in [1.165, 1.54) is 0 Å². The Labute approximate surface area is 184 Å². The van der Waals surface area contributed by atoms with Crippen LogP contribution in [0.25, 0.3) is 0 Å². The molecule has 1 fully saturated rings. The Kier molecular flexibility index (Phi) is 7.17. The first-order valence-electron chi connectivity index (χ1n) is 9.17. The van der Waals surface area contributed by atoms with E-state index in [1.54, 1.807) is 19.4 Å². The number of methoxy groups -OCH3 is 1. The van der Waals surface area contributed by atoms with Crippen LogP contribution in [0.15, 0.2) is 24.4 Å². The van der Waals surface area contributed by atoms with Crippen LogP contribution in [0.4, 0.5) is 5.82 Å². The molecule has 158 valence electrons. The molecule has 0 aromatic carbocycles. The van der Waals surface area contributed by atoms with Crippen molar-refractivity contribution in [3.05, 3.63) is 39.2 Å². The van der Waals surface area contributed by atoms with Gasteiger partial charge in [-0.3, -0.25) is 4.18 Å². The van der Waals surface area contributed by atoms with Gasteiger partial charge in [0.15, 0.2) is 0 Å². The fraction of sp³-hybridized carbons (Fsp3) is 0.474. The predicted molar refractivity (Wildman–Crippen MR) is 118 cm³/mol. The second-order valence-electron chi connectivity index (χ2n) is 6.89. The zero-order valence-corrected chi connectivity index (χ0v) is 19.6. The summed E-state index contributed by atoms with van der Waals surface area (Å²) in [5.41, 5.74) is 1.76. The van der Waals surface area contributed by atoms with Crippen molar-refractivity contribution >= 4 is 38.5 Å². The number of pyridine rings is 2. The van der Waals surface area contributed by atoms with Crippen molar-refractivity contribution in [3.63, 3.8) is 0 Å². The predicted octanol–water partition coefficient (Wildman–Crippen LogP) is 2.92.